The second-order valence-electron chi connectivity index (χ2n) is 10.0. The molecule has 2 aliphatic carbocycles. The van der Waals surface area contributed by atoms with Gasteiger partial charge in [-0.1, -0.05) is 41.9 Å². The average molecular weight is 513 g/mol. The lowest BCUT2D eigenvalue weighted by molar-refractivity contribution is -0.0544. The molecule has 3 rings (SSSR count). The van der Waals surface area contributed by atoms with Crippen molar-refractivity contribution in [2.45, 2.75) is 83.1 Å². The third kappa shape index (κ3) is 4.30. The molecule has 0 aromatic heterocycles. The lowest BCUT2D eigenvalue weighted by atomic mass is 9.58. The Morgan fingerprint density at radius 1 is 1.35 bits per heavy atom. The third-order valence-corrected chi connectivity index (χ3v) is 9.35. The summed E-state index contributed by atoms with van der Waals surface area (Å²) in [5, 5.41) is 0. The molecule has 1 aromatic carbocycles. The van der Waals surface area contributed by atoms with Crippen molar-refractivity contribution >= 4 is 26.9 Å². The molecule has 2 aliphatic rings. The van der Waals surface area contributed by atoms with Crippen LogP contribution in [-0.2, 0) is 32.4 Å². The van der Waals surface area contributed by atoms with E-state index in [1.807, 2.05) is 34.8 Å². The van der Waals surface area contributed by atoms with E-state index in [0.717, 1.165) is 42.1 Å². The standard InChI is InChI=1S/C25H38BrNO3S/c1-8-18-15-24(13-12-22(18)29-7)16-19-10-11-20(26)14-21(19)25(24,17(3)30-9-2)27-31(28)23(4,5)6/h10-11,14,18,22,27H,3,8-9,12-13,15-16H2,1-2,4-7H3/t18-,22-,24-,25-,31+/m0/s1. The van der Waals surface area contributed by atoms with Crippen LogP contribution in [-0.4, -0.2) is 28.8 Å². The van der Waals surface area contributed by atoms with E-state index in [1.54, 1.807) is 0 Å². The summed E-state index contributed by atoms with van der Waals surface area (Å²) in [5.74, 6) is 1.12. The lowest BCUT2D eigenvalue weighted by Crippen LogP contribution is -2.60. The largest absolute Gasteiger partial charge is 0.496 e. The first kappa shape index (κ1) is 24.9. The molecule has 174 valence electrons. The summed E-state index contributed by atoms with van der Waals surface area (Å²) in [5.41, 5.74) is 1.54. The Bertz CT molecular complexity index is 852. The molecule has 1 N–H and O–H groups in total. The second-order valence-corrected chi connectivity index (χ2v) is 12.9. The van der Waals surface area contributed by atoms with Gasteiger partial charge in [-0.25, -0.2) is 8.93 Å². The van der Waals surface area contributed by atoms with Crippen molar-refractivity contribution in [3.8, 4) is 0 Å². The average Bonchev–Trinajstić information content (AvgIpc) is 2.96. The first-order valence-electron chi connectivity index (χ1n) is 11.4. The minimum absolute atomic E-state index is 0.168. The predicted octanol–water partition coefficient (Wildman–Crippen LogP) is 6.01. The van der Waals surface area contributed by atoms with Crippen LogP contribution in [0.5, 0.6) is 0 Å². The molecule has 1 spiro atoms. The number of ether oxygens (including phenoxy) is 2. The van der Waals surface area contributed by atoms with Crippen LogP contribution in [0.4, 0.5) is 0 Å². The van der Waals surface area contributed by atoms with Gasteiger partial charge in [-0.05, 0) is 82.6 Å². The molecule has 1 saturated carbocycles. The molecule has 6 heteroatoms. The zero-order chi connectivity index (χ0) is 23.0. The Kier molecular flexibility index (Phi) is 7.47. The fraction of sp³-hybridized carbons (Fsp3) is 0.680. The summed E-state index contributed by atoms with van der Waals surface area (Å²) in [4.78, 5) is 0. The van der Waals surface area contributed by atoms with Gasteiger partial charge in [0.25, 0.3) is 0 Å². The van der Waals surface area contributed by atoms with Crippen LogP contribution in [0.3, 0.4) is 0 Å². The molecule has 0 saturated heterocycles. The number of benzene rings is 1. The van der Waals surface area contributed by atoms with Crippen molar-refractivity contribution < 1.29 is 13.7 Å². The number of fused-ring (bicyclic) bond motifs is 1. The normalized spacial score (nSPS) is 31.5. The second kappa shape index (κ2) is 9.28. The Hall–Kier alpha value is -0.690. The van der Waals surface area contributed by atoms with Crippen molar-refractivity contribution in [3.63, 3.8) is 0 Å². The van der Waals surface area contributed by atoms with Crippen LogP contribution in [0, 0.1) is 11.3 Å². The van der Waals surface area contributed by atoms with Gasteiger partial charge in [-0.2, -0.15) is 0 Å². The van der Waals surface area contributed by atoms with Crippen LogP contribution in [0.15, 0.2) is 35.0 Å². The summed E-state index contributed by atoms with van der Waals surface area (Å²) < 4.78 is 29.8. The molecule has 0 bridgehead atoms. The summed E-state index contributed by atoms with van der Waals surface area (Å²) in [6, 6.07) is 6.47. The number of rotatable bonds is 7. The maximum absolute atomic E-state index is 13.6. The highest BCUT2D eigenvalue weighted by Gasteiger charge is 2.63. The first-order valence-corrected chi connectivity index (χ1v) is 13.3. The molecule has 1 fully saturated rings. The highest BCUT2D eigenvalue weighted by Crippen LogP contribution is 2.62. The molecule has 0 heterocycles. The van der Waals surface area contributed by atoms with Crippen LogP contribution in [0.1, 0.15) is 71.4 Å². The van der Waals surface area contributed by atoms with Crippen molar-refractivity contribution in [1.82, 2.24) is 4.72 Å². The number of nitrogens with one attached hydrogen (secondary N) is 1. The minimum Gasteiger partial charge on any atom is -0.496 e. The number of hydrogen-bond donors (Lipinski definition) is 1. The molecular formula is C25H38BrNO3S. The molecule has 0 amide bonds. The first-order chi connectivity index (χ1) is 14.5. The zero-order valence-corrected chi connectivity index (χ0v) is 22.2. The van der Waals surface area contributed by atoms with Gasteiger partial charge in [-0.3, -0.25) is 0 Å². The highest BCUT2D eigenvalue weighted by molar-refractivity contribution is 9.10. The van der Waals surface area contributed by atoms with Crippen LogP contribution in [0.2, 0.25) is 0 Å². The molecule has 31 heavy (non-hydrogen) atoms. The van der Waals surface area contributed by atoms with Crippen molar-refractivity contribution in [2.24, 2.45) is 11.3 Å². The summed E-state index contributed by atoms with van der Waals surface area (Å²) in [7, 11) is 0.531. The van der Waals surface area contributed by atoms with Gasteiger partial charge in [0.15, 0.2) is 0 Å². The van der Waals surface area contributed by atoms with Gasteiger partial charge in [0.2, 0.25) is 0 Å². The third-order valence-electron chi connectivity index (χ3n) is 7.25. The van der Waals surface area contributed by atoms with Gasteiger partial charge in [0.05, 0.1) is 28.4 Å². The van der Waals surface area contributed by atoms with Crippen LogP contribution >= 0.6 is 15.9 Å². The Morgan fingerprint density at radius 3 is 2.65 bits per heavy atom. The number of methoxy groups -OCH3 is 1. The molecule has 4 nitrogen and oxygen atoms in total. The van der Waals surface area contributed by atoms with E-state index in [9.17, 15) is 4.21 Å². The van der Waals surface area contributed by atoms with E-state index in [0.29, 0.717) is 18.3 Å². The lowest BCUT2D eigenvalue weighted by Gasteiger charge is -2.53. The smallest absolute Gasteiger partial charge is 0.118 e. The fourth-order valence-electron chi connectivity index (χ4n) is 5.68. The topological polar surface area (TPSA) is 47.6 Å². The molecule has 0 radical (unpaired) electrons. The van der Waals surface area contributed by atoms with Gasteiger partial charge in [0, 0.05) is 17.0 Å². The van der Waals surface area contributed by atoms with E-state index in [-0.39, 0.29) is 11.5 Å². The summed E-state index contributed by atoms with van der Waals surface area (Å²) in [6.07, 6.45) is 5.17. The maximum atomic E-state index is 13.6. The quantitative estimate of drug-likeness (QED) is 0.455. The maximum Gasteiger partial charge on any atom is 0.118 e. The highest BCUT2D eigenvalue weighted by atomic mass is 79.9. The monoisotopic (exact) mass is 511 g/mol. The SMILES string of the molecule is C=C(OCC)[C@]1(N[S@](=O)C(C)(C)C)c2cc(Br)ccc2C[C@@]12CC[C@H](OC)[C@@H](CC)C2. The Balaban J connectivity index is 2.23. The summed E-state index contributed by atoms with van der Waals surface area (Å²) in [6.45, 7) is 15.2. The number of hydrogen-bond acceptors (Lipinski definition) is 3. The minimum atomic E-state index is -1.29. The molecule has 1 aromatic rings. The Labute approximate surface area is 199 Å². The molecule has 0 aliphatic heterocycles. The van der Waals surface area contributed by atoms with Crippen LogP contribution in [0.25, 0.3) is 0 Å². The fourth-order valence-corrected chi connectivity index (χ4v) is 7.07. The predicted molar refractivity (Wildman–Crippen MR) is 132 cm³/mol. The van der Waals surface area contributed by atoms with Crippen molar-refractivity contribution in [2.75, 3.05) is 13.7 Å². The number of halogens is 1. The van der Waals surface area contributed by atoms with E-state index >= 15 is 0 Å². The molecular weight excluding hydrogens is 474 g/mol. The van der Waals surface area contributed by atoms with Gasteiger partial charge in [0.1, 0.15) is 11.3 Å². The Morgan fingerprint density at radius 2 is 2.06 bits per heavy atom. The molecule has 0 unspecified atom stereocenters. The van der Waals surface area contributed by atoms with E-state index in [4.69, 9.17) is 9.47 Å². The zero-order valence-electron chi connectivity index (χ0n) is 19.8. The van der Waals surface area contributed by atoms with Crippen molar-refractivity contribution in [1.29, 1.82) is 0 Å². The van der Waals surface area contributed by atoms with Crippen molar-refractivity contribution in [3.05, 3.63) is 46.1 Å². The molecule has 5 atom stereocenters. The summed E-state index contributed by atoms with van der Waals surface area (Å²) >= 11 is 3.68. The van der Waals surface area contributed by atoms with Gasteiger partial charge in [-0.15, -0.1) is 0 Å². The van der Waals surface area contributed by atoms with Crippen LogP contribution < -0.4 is 4.72 Å². The van der Waals surface area contributed by atoms with E-state index in [2.05, 4.69) is 52.4 Å². The van der Waals surface area contributed by atoms with Gasteiger partial charge < -0.3 is 9.47 Å². The van der Waals surface area contributed by atoms with Gasteiger partial charge >= 0.3 is 0 Å². The van der Waals surface area contributed by atoms with E-state index in [1.165, 1.54) is 5.56 Å². The van der Waals surface area contributed by atoms with E-state index < -0.39 is 21.3 Å².